The highest BCUT2D eigenvalue weighted by Crippen LogP contribution is 2.31. The SMILES string of the molecule is COc1ccc(Nc2nc(-c3cccnc3)cs2)cc1S(=O)Nc1ccc(Cl)cc1. The summed E-state index contributed by atoms with van der Waals surface area (Å²) >= 11 is 7.39. The Labute approximate surface area is 185 Å². The molecular weight excluding hydrogens is 440 g/mol. The van der Waals surface area contributed by atoms with E-state index in [4.69, 9.17) is 16.3 Å². The minimum absolute atomic E-state index is 0.515. The number of rotatable bonds is 7. The first-order valence-electron chi connectivity index (χ1n) is 8.87. The minimum atomic E-state index is -1.53. The zero-order valence-corrected chi connectivity index (χ0v) is 18.2. The largest absolute Gasteiger partial charge is 0.495 e. The van der Waals surface area contributed by atoms with Gasteiger partial charge in [0.2, 0.25) is 0 Å². The van der Waals surface area contributed by atoms with E-state index in [9.17, 15) is 4.21 Å². The highest BCUT2D eigenvalue weighted by atomic mass is 35.5. The number of thiazole rings is 1. The molecule has 0 saturated carbocycles. The van der Waals surface area contributed by atoms with E-state index < -0.39 is 11.0 Å². The number of aromatic nitrogens is 2. The fourth-order valence-corrected chi connectivity index (χ4v) is 4.57. The Bertz CT molecular complexity index is 1170. The fourth-order valence-electron chi connectivity index (χ4n) is 2.68. The van der Waals surface area contributed by atoms with E-state index in [0.717, 1.165) is 22.1 Å². The van der Waals surface area contributed by atoms with E-state index in [1.165, 1.54) is 11.3 Å². The number of hydrogen-bond acceptors (Lipinski definition) is 6. The second-order valence-corrected chi connectivity index (χ2v) is 8.62. The van der Waals surface area contributed by atoms with Crippen molar-refractivity contribution in [1.29, 1.82) is 0 Å². The summed E-state index contributed by atoms with van der Waals surface area (Å²) < 4.78 is 21.3. The molecule has 2 heterocycles. The van der Waals surface area contributed by atoms with Crippen LogP contribution >= 0.6 is 22.9 Å². The molecule has 0 aliphatic rings. The Balaban J connectivity index is 1.54. The molecule has 2 aromatic heterocycles. The van der Waals surface area contributed by atoms with Crippen LogP contribution in [0.25, 0.3) is 11.3 Å². The molecule has 0 spiro atoms. The van der Waals surface area contributed by atoms with Crippen LogP contribution in [-0.4, -0.2) is 21.3 Å². The molecule has 6 nitrogen and oxygen atoms in total. The van der Waals surface area contributed by atoms with Crippen molar-refractivity contribution in [2.24, 2.45) is 0 Å². The van der Waals surface area contributed by atoms with Gasteiger partial charge in [0.15, 0.2) is 16.1 Å². The summed E-state index contributed by atoms with van der Waals surface area (Å²) in [5.74, 6) is 0.524. The summed E-state index contributed by atoms with van der Waals surface area (Å²) in [5, 5.41) is 6.56. The van der Waals surface area contributed by atoms with Crippen LogP contribution in [0.5, 0.6) is 5.75 Å². The van der Waals surface area contributed by atoms with Crippen molar-refractivity contribution in [1.82, 2.24) is 9.97 Å². The molecule has 9 heteroatoms. The van der Waals surface area contributed by atoms with Crippen molar-refractivity contribution >= 4 is 50.4 Å². The number of nitrogens with zero attached hydrogens (tertiary/aromatic N) is 2. The maximum absolute atomic E-state index is 12.9. The lowest BCUT2D eigenvalue weighted by Gasteiger charge is -2.12. The van der Waals surface area contributed by atoms with E-state index in [1.54, 1.807) is 55.9 Å². The summed E-state index contributed by atoms with van der Waals surface area (Å²) in [6.07, 6.45) is 3.50. The normalized spacial score (nSPS) is 11.7. The van der Waals surface area contributed by atoms with Gasteiger partial charge in [-0.1, -0.05) is 11.6 Å². The first-order valence-corrected chi connectivity index (χ1v) is 11.3. The molecule has 152 valence electrons. The Morgan fingerprint density at radius 3 is 2.63 bits per heavy atom. The molecule has 2 aromatic carbocycles. The molecule has 2 N–H and O–H groups in total. The maximum atomic E-state index is 12.9. The van der Waals surface area contributed by atoms with Crippen molar-refractivity contribution < 1.29 is 8.95 Å². The van der Waals surface area contributed by atoms with E-state index in [1.807, 2.05) is 23.6 Å². The van der Waals surface area contributed by atoms with E-state index in [0.29, 0.717) is 21.4 Å². The Morgan fingerprint density at radius 2 is 1.90 bits per heavy atom. The summed E-state index contributed by atoms with van der Waals surface area (Å²) in [6, 6.07) is 16.3. The second-order valence-electron chi connectivity index (χ2n) is 6.15. The summed E-state index contributed by atoms with van der Waals surface area (Å²) in [6.45, 7) is 0. The van der Waals surface area contributed by atoms with Crippen LogP contribution in [0.4, 0.5) is 16.5 Å². The quantitative estimate of drug-likeness (QED) is 0.370. The van der Waals surface area contributed by atoms with Crippen LogP contribution in [0.1, 0.15) is 0 Å². The third kappa shape index (κ3) is 4.79. The van der Waals surface area contributed by atoms with Gasteiger partial charge in [-0.3, -0.25) is 4.98 Å². The number of ether oxygens (including phenoxy) is 1. The summed E-state index contributed by atoms with van der Waals surface area (Å²) in [7, 11) is 0.0195. The third-order valence-corrected chi connectivity index (χ3v) is 6.28. The van der Waals surface area contributed by atoms with Crippen molar-refractivity contribution in [2.75, 3.05) is 17.1 Å². The molecule has 1 unspecified atom stereocenters. The first kappa shape index (κ1) is 20.3. The number of benzene rings is 2. The van der Waals surface area contributed by atoms with Crippen LogP contribution in [-0.2, 0) is 11.0 Å². The van der Waals surface area contributed by atoms with E-state index in [-0.39, 0.29) is 0 Å². The van der Waals surface area contributed by atoms with Crippen LogP contribution in [0, 0.1) is 0 Å². The van der Waals surface area contributed by atoms with Gasteiger partial charge in [-0.2, -0.15) is 0 Å². The van der Waals surface area contributed by atoms with Crippen LogP contribution < -0.4 is 14.8 Å². The van der Waals surface area contributed by atoms with Gasteiger partial charge in [0.05, 0.1) is 12.8 Å². The average molecular weight is 457 g/mol. The number of nitrogens with one attached hydrogen (secondary N) is 2. The predicted octanol–water partition coefficient (Wildman–Crippen LogP) is 5.75. The van der Waals surface area contributed by atoms with E-state index in [2.05, 4.69) is 20.0 Å². The molecule has 0 aliphatic heterocycles. The first-order chi connectivity index (χ1) is 14.6. The smallest absolute Gasteiger partial charge is 0.187 e. The number of halogens is 1. The lowest BCUT2D eigenvalue weighted by atomic mass is 10.2. The van der Waals surface area contributed by atoms with Gasteiger partial charge in [-0.15, -0.1) is 11.3 Å². The standard InChI is InChI=1S/C21H17ClN4O2S2/c1-28-19-9-8-17(11-20(19)30(27)26-16-6-4-15(22)5-7-16)24-21-25-18(13-29-21)14-3-2-10-23-12-14/h2-13,26H,1H3,(H,24,25). The van der Waals surface area contributed by atoms with Gasteiger partial charge in [-0.05, 0) is 54.6 Å². The van der Waals surface area contributed by atoms with Crippen molar-refractivity contribution in [3.8, 4) is 17.0 Å². The van der Waals surface area contributed by atoms with Gasteiger partial charge in [0.1, 0.15) is 10.6 Å². The van der Waals surface area contributed by atoms with Crippen molar-refractivity contribution in [3.05, 3.63) is 77.4 Å². The van der Waals surface area contributed by atoms with Crippen LogP contribution in [0.15, 0.2) is 77.3 Å². The van der Waals surface area contributed by atoms with Gasteiger partial charge >= 0.3 is 0 Å². The van der Waals surface area contributed by atoms with Gasteiger partial charge in [-0.25, -0.2) is 9.19 Å². The fraction of sp³-hybridized carbons (Fsp3) is 0.0476. The average Bonchev–Trinajstić information content (AvgIpc) is 3.24. The molecule has 1 atom stereocenters. The maximum Gasteiger partial charge on any atom is 0.187 e. The zero-order chi connectivity index (χ0) is 20.9. The molecule has 0 saturated heterocycles. The van der Waals surface area contributed by atoms with E-state index >= 15 is 0 Å². The number of anilines is 3. The molecule has 0 radical (unpaired) electrons. The second kappa shape index (κ2) is 9.25. The highest BCUT2D eigenvalue weighted by Gasteiger charge is 2.13. The Kier molecular flexibility index (Phi) is 6.27. The Hall–Kier alpha value is -2.94. The van der Waals surface area contributed by atoms with Crippen molar-refractivity contribution in [2.45, 2.75) is 4.90 Å². The molecular formula is C21H17ClN4O2S2. The topological polar surface area (TPSA) is 76.1 Å². The molecule has 0 aliphatic carbocycles. The lowest BCUT2D eigenvalue weighted by molar-refractivity contribution is 0.404. The number of pyridine rings is 1. The third-order valence-electron chi connectivity index (χ3n) is 4.13. The molecule has 0 amide bonds. The monoisotopic (exact) mass is 456 g/mol. The molecule has 0 fully saturated rings. The van der Waals surface area contributed by atoms with Gasteiger partial charge in [0.25, 0.3) is 0 Å². The molecule has 4 rings (SSSR count). The summed E-state index contributed by atoms with van der Waals surface area (Å²) in [4.78, 5) is 9.24. The molecule has 30 heavy (non-hydrogen) atoms. The van der Waals surface area contributed by atoms with Crippen LogP contribution in [0.2, 0.25) is 5.02 Å². The number of hydrogen-bond donors (Lipinski definition) is 2. The zero-order valence-electron chi connectivity index (χ0n) is 15.8. The highest BCUT2D eigenvalue weighted by molar-refractivity contribution is 7.86. The van der Waals surface area contributed by atoms with Gasteiger partial charge in [0, 0.05) is 39.7 Å². The molecule has 4 aromatic rings. The van der Waals surface area contributed by atoms with Gasteiger partial charge < -0.3 is 14.8 Å². The lowest BCUT2D eigenvalue weighted by Crippen LogP contribution is -2.07. The number of methoxy groups -OCH3 is 1. The van der Waals surface area contributed by atoms with Crippen molar-refractivity contribution in [3.63, 3.8) is 0 Å². The Morgan fingerprint density at radius 1 is 1.10 bits per heavy atom. The minimum Gasteiger partial charge on any atom is -0.495 e. The predicted molar refractivity (Wildman–Crippen MR) is 123 cm³/mol. The summed E-state index contributed by atoms with van der Waals surface area (Å²) in [5.41, 5.74) is 3.24. The van der Waals surface area contributed by atoms with Crippen LogP contribution in [0.3, 0.4) is 0 Å². The molecule has 0 bridgehead atoms.